The predicted octanol–water partition coefficient (Wildman–Crippen LogP) is -0.173. The van der Waals surface area contributed by atoms with E-state index >= 15 is 0 Å². The van der Waals surface area contributed by atoms with Crippen molar-refractivity contribution in [1.29, 1.82) is 0 Å². The number of carbonyl (C=O) groups is 1. The van der Waals surface area contributed by atoms with Crippen molar-refractivity contribution in [3.8, 4) is 0 Å². The second kappa shape index (κ2) is 5.87. The summed E-state index contributed by atoms with van der Waals surface area (Å²) in [5, 5.41) is 10.3. The van der Waals surface area contributed by atoms with Crippen LogP contribution < -0.4 is 10.6 Å². The van der Waals surface area contributed by atoms with Crippen molar-refractivity contribution < 1.29 is 4.79 Å². The number of nitrogens with zero attached hydrogens (tertiary/aromatic N) is 3. The number of aromatic nitrogens is 4. The first kappa shape index (κ1) is 12.9. The van der Waals surface area contributed by atoms with Gasteiger partial charge < -0.3 is 10.3 Å². The fourth-order valence-electron chi connectivity index (χ4n) is 2.36. The van der Waals surface area contributed by atoms with Gasteiger partial charge in [0.1, 0.15) is 0 Å². The third kappa shape index (κ3) is 2.88. The summed E-state index contributed by atoms with van der Waals surface area (Å²) >= 11 is 0. The minimum Gasteiger partial charge on any atom is -0.355 e. The van der Waals surface area contributed by atoms with Crippen molar-refractivity contribution in [2.75, 3.05) is 6.54 Å². The van der Waals surface area contributed by atoms with Crippen LogP contribution in [0.2, 0.25) is 0 Å². The number of aryl methyl sites for hydroxylation is 1. The molecular weight excluding hydrogens is 256 g/mol. The van der Waals surface area contributed by atoms with Crippen molar-refractivity contribution in [1.82, 2.24) is 30.4 Å². The lowest BCUT2D eigenvalue weighted by Crippen LogP contribution is -2.48. The van der Waals surface area contributed by atoms with Crippen LogP contribution in [-0.4, -0.2) is 38.2 Å². The molecule has 3 N–H and O–H groups in total. The van der Waals surface area contributed by atoms with Gasteiger partial charge in [-0.05, 0) is 12.5 Å². The summed E-state index contributed by atoms with van der Waals surface area (Å²) in [6.45, 7) is 2.14. The van der Waals surface area contributed by atoms with Crippen LogP contribution >= 0.6 is 0 Å². The first-order valence-electron chi connectivity index (χ1n) is 6.82. The summed E-state index contributed by atoms with van der Waals surface area (Å²) in [4.78, 5) is 19.4. The number of rotatable bonds is 5. The number of fused-ring (bicyclic) bond motifs is 1. The van der Waals surface area contributed by atoms with Crippen LogP contribution in [0.5, 0.6) is 0 Å². The number of imidazole rings is 1. The van der Waals surface area contributed by atoms with E-state index in [1.54, 1.807) is 12.5 Å². The number of hydrogen-bond acceptors (Lipinski definition) is 4. The summed E-state index contributed by atoms with van der Waals surface area (Å²) < 4.78 is 1.86. The van der Waals surface area contributed by atoms with Crippen molar-refractivity contribution in [2.45, 2.75) is 32.0 Å². The molecule has 20 heavy (non-hydrogen) atoms. The smallest absolute Gasteiger partial charge is 0.237 e. The van der Waals surface area contributed by atoms with Crippen LogP contribution in [0.3, 0.4) is 0 Å². The lowest BCUT2D eigenvalue weighted by atomic mass is 10.0. The van der Waals surface area contributed by atoms with E-state index in [1.807, 2.05) is 16.9 Å². The molecule has 0 aliphatic carbocycles. The number of H-pyrrole nitrogens is 1. The molecule has 7 heteroatoms. The number of hydrogen-bond donors (Lipinski definition) is 3. The molecule has 0 bridgehead atoms. The highest BCUT2D eigenvalue weighted by atomic mass is 16.2. The van der Waals surface area contributed by atoms with Gasteiger partial charge in [-0.15, -0.1) is 0 Å². The second-order valence-electron chi connectivity index (χ2n) is 4.88. The minimum absolute atomic E-state index is 0.0408. The Labute approximate surface area is 116 Å². The number of carbonyl (C=O) groups excluding carboxylic acids is 1. The van der Waals surface area contributed by atoms with Crippen molar-refractivity contribution in [3.63, 3.8) is 0 Å². The summed E-state index contributed by atoms with van der Waals surface area (Å²) in [5.41, 5.74) is 2.06. The summed E-state index contributed by atoms with van der Waals surface area (Å²) in [7, 11) is 0. The lowest BCUT2D eigenvalue weighted by molar-refractivity contribution is -0.123. The molecular formula is C13H18N6O. The van der Waals surface area contributed by atoms with E-state index in [0.717, 1.165) is 24.4 Å². The molecule has 1 atom stereocenters. The van der Waals surface area contributed by atoms with Crippen LogP contribution in [0.4, 0.5) is 0 Å². The Morgan fingerprint density at radius 3 is 3.35 bits per heavy atom. The van der Waals surface area contributed by atoms with Crippen molar-refractivity contribution >= 4 is 5.91 Å². The maximum Gasteiger partial charge on any atom is 0.237 e. The van der Waals surface area contributed by atoms with E-state index in [4.69, 9.17) is 0 Å². The number of nitrogens with one attached hydrogen (secondary N) is 3. The third-order valence-corrected chi connectivity index (χ3v) is 3.47. The largest absolute Gasteiger partial charge is 0.355 e. The zero-order valence-electron chi connectivity index (χ0n) is 11.2. The number of aromatic amines is 1. The molecule has 7 nitrogen and oxygen atoms in total. The van der Waals surface area contributed by atoms with E-state index in [-0.39, 0.29) is 11.9 Å². The van der Waals surface area contributed by atoms with Crippen LogP contribution in [0.1, 0.15) is 17.8 Å². The van der Waals surface area contributed by atoms with Gasteiger partial charge in [-0.2, -0.15) is 5.10 Å². The monoisotopic (exact) mass is 274 g/mol. The quantitative estimate of drug-likeness (QED) is 0.660. The molecule has 1 aliphatic rings. The van der Waals surface area contributed by atoms with Gasteiger partial charge >= 0.3 is 0 Å². The van der Waals surface area contributed by atoms with Crippen LogP contribution in [-0.2, 0) is 24.3 Å². The average Bonchev–Trinajstić information content (AvgIpc) is 3.13. The molecule has 3 rings (SSSR count). The Morgan fingerprint density at radius 1 is 1.55 bits per heavy atom. The molecule has 0 radical (unpaired) electrons. The highest BCUT2D eigenvalue weighted by Crippen LogP contribution is 2.11. The fourth-order valence-corrected chi connectivity index (χ4v) is 2.36. The third-order valence-electron chi connectivity index (χ3n) is 3.47. The first-order chi connectivity index (χ1) is 9.83. The van der Waals surface area contributed by atoms with Gasteiger partial charge in [-0.1, -0.05) is 0 Å². The Balaban J connectivity index is 1.41. The molecule has 1 amide bonds. The SMILES string of the molecule is O=C(NCCCn1cccn1)C1Cc2nc[nH]c2CN1. The molecule has 1 aliphatic heterocycles. The highest BCUT2D eigenvalue weighted by molar-refractivity contribution is 5.82. The lowest BCUT2D eigenvalue weighted by Gasteiger charge is -2.22. The zero-order chi connectivity index (χ0) is 13.8. The van der Waals surface area contributed by atoms with Gasteiger partial charge in [0.05, 0.1) is 23.8 Å². The van der Waals surface area contributed by atoms with E-state index in [9.17, 15) is 4.79 Å². The van der Waals surface area contributed by atoms with Gasteiger partial charge in [-0.25, -0.2) is 4.98 Å². The summed E-state index contributed by atoms with van der Waals surface area (Å²) in [5.74, 6) is 0.0408. The molecule has 2 aromatic rings. The zero-order valence-corrected chi connectivity index (χ0v) is 11.2. The van der Waals surface area contributed by atoms with E-state index in [0.29, 0.717) is 19.5 Å². The molecule has 1 unspecified atom stereocenters. The molecule has 3 heterocycles. The molecule has 0 spiro atoms. The van der Waals surface area contributed by atoms with Gasteiger partial charge in [-0.3, -0.25) is 14.8 Å². The molecule has 0 aromatic carbocycles. The Kier molecular flexibility index (Phi) is 3.78. The van der Waals surface area contributed by atoms with E-state index in [1.165, 1.54) is 0 Å². The van der Waals surface area contributed by atoms with Gasteiger partial charge in [0.25, 0.3) is 0 Å². The number of amides is 1. The Hall–Kier alpha value is -2.15. The molecule has 0 saturated carbocycles. The average molecular weight is 274 g/mol. The normalized spacial score (nSPS) is 17.7. The standard InChI is InChI=1S/C13H18N6O/c20-13(14-3-1-5-19-6-2-4-18-19)11-7-10-12(8-15-11)17-9-16-10/h2,4,6,9,11,15H,1,3,5,7-8H2,(H,14,20)(H,16,17). The fraction of sp³-hybridized carbons (Fsp3) is 0.462. The van der Waals surface area contributed by atoms with Gasteiger partial charge in [0.2, 0.25) is 5.91 Å². The summed E-state index contributed by atoms with van der Waals surface area (Å²) in [6.07, 6.45) is 6.87. The second-order valence-corrected chi connectivity index (χ2v) is 4.88. The van der Waals surface area contributed by atoms with Crippen LogP contribution in [0.15, 0.2) is 24.8 Å². The maximum absolute atomic E-state index is 12.1. The highest BCUT2D eigenvalue weighted by Gasteiger charge is 2.25. The van der Waals surface area contributed by atoms with Gasteiger partial charge in [0.15, 0.2) is 0 Å². The van der Waals surface area contributed by atoms with Crippen molar-refractivity contribution in [2.24, 2.45) is 0 Å². The maximum atomic E-state index is 12.1. The minimum atomic E-state index is -0.185. The van der Waals surface area contributed by atoms with E-state index in [2.05, 4.69) is 25.7 Å². The first-order valence-corrected chi connectivity index (χ1v) is 6.82. The van der Waals surface area contributed by atoms with Crippen LogP contribution in [0.25, 0.3) is 0 Å². The molecule has 0 fully saturated rings. The Bertz CT molecular complexity index is 561. The molecule has 0 saturated heterocycles. The summed E-state index contributed by atoms with van der Waals surface area (Å²) in [6, 6.07) is 1.71. The van der Waals surface area contributed by atoms with Crippen molar-refractivity contribution in [3.05, 3.63) is 36.2 Å². The van der Waals surface area contributed by atoms with Gasteiger partial charge in [0, 0.05) is 38.4 Å². The van der Waals surface area contributed by atoms with E-state index < -0.39 is 0 Å². The Morgan fingerprint density at radius 2 is 2.50 bits per heavy atom. The molecule has 106 valence electrons. The molecule has 2 aromatic heterocycles. The topological polar surface area (TPSA) is 87.6 Å². The predicted molar refractivity (Wildman–Crippen MR) is 72.8 cm³/mol. The van der Waals surface area contributed by atoms with Crippen LogP contribution in [0, 0.1) is 0 Å².